The van der Waals surface area contributed by atoms with Crippen LogP contribution in [0.3, 0.4) is 0 Å². The minimum atomic E-state index is -0.392. The highest BCUT2D eigenvalue weighted by Crippen LogP contribution is 2.56. The van der Waals surface area contributed by atoms with Crippen LogP contribution in [-0.2, 0) is 5.41 Å². The molecule has 0 spiro atoms. The summed E-state index contributed by atoms with van der Waals surface area (Å²) in [5, 5.41) is 3.67. The van der Waals surface area contributed by atoms with Crippen molar-refractivity contribution in [1.82, 2.24) is 4.98 Å². The molecule has 0 radical (unpaired) electrons. The molecule has 0 amide bonds. The standard InChI is InChI=1S/C36H26N2/c1-3-9-28(10-4-1)36(29-11-5-2-6-12-29)34-14-8-7-13-32(34)33-20-19-31(25-35(33)36)38-30-17-15-26(16-18-30)27-21-23-37-24-22-27/h1-25,38H. The third kappa shape index (κ3) is 3.54. The number of hydrogen-bond acceptors (Lipinski definition) is 2. The Labute approximate surface area is 223 Å². The zero-order valence-electron chi connectivity index (χ0n) is 20.9. The number of nitrogens with one attached hydrogen (secondary N) is 1. The van der Waals surface area contributed by atoms with Crippen LogP contribution in [0.25, 0.3) is 22.3 Å². The SMILES string of the molecule is c1ccc(C2(c3ccccc3)c3ccccc3-c3ccc(Nc4ccc(-c5ccncc5)cc4)cc32)cc1. The van der Waals surface area contributed by atoms with E-state index in [0.29, 0.717) is 0 Å². The zero-order chi connectivity index (χ0) is 25.4. The van der Waals surface area contributed by atoms with Crippen molar-refractivity contribution in [3.63, 3.8) is 0 Å². The van der Waals surface area contributed by atoms with E-state index in [4.69, 9.17) is 0 Å². The van der Waals surface area contributed by atoms with E-state index in [2.05, 4.69) is 138 Å². The van der Waals surface area contributed by atoms with E-state index in [1.807, 2.05) is 24.5 Å². The van der Waals surface area contributed by atoms with Gasteiger partial charge in [0.05, 0.1) is 5.41 Å². The van der Waals surface area contributed by atoms with Gasteiger partial charge in [0.2, 0.25) is 0 Å². The molecule has 38 heavy (non-hydrogen) atoms. The Bertz CT molecular complexity index is 1670. The Kier molecular flexibility index (Phi) is 5.37. The first-order valence-corrected chi connectivity index (χ1v) is 13.0. The van der Waals surface area contributed by atoms with Gasteiger partial charge in [0.15, 0.2) is 0 Å². The van der Waals surface area contributed by atoms with Crippen LogP contribution in [-0.4, -0.2) is 4.98 Å². The lowest BCUT2D eigenvalue weighted by Gasteiger charge is -2.34. The minimum absolute atomic E-state index is 0.392. The fourth-order valence-corrected chi connectivity index (χ4v) is 5.98. The number of anilines is 2. The third-order valence-electron chi connectivity index (χ3n) is 7.65. The Morgan fingerprint density at radius 2 is 1.00 bits per heavy atom. The number of hydrogen-bond donors (Lipinski definition) is 1. The zero-order valence-corrected chi connectivity index (χ0v) is 20.9. The first-order valence-electron chi connectivity index (χ1n) is 13.0. The van der Waals surface area contributed by atoms with Crippen molar-refractivity contribution in [3.05, 3.63) is 174 Å². The average molecular weight is 487 g/mol. The van der Waals surface area contributed by atoms with Crippen molar-refractivity contribution in [2.24, 2.45) is 0 Å². The number of benzene rings is 5. The van der Waals surface area contributed by atoms with Crippen LogP contribution in [0.1, 0.15) is 22.3 Å². The van der Waals surface area contributed by atoms with Crippen LogP contribution in [0.15, 0.2) is 152 Å². The molecule has 0 aliphatic heterocycles. The molecule has 5 aromatic carbocycles. The van der Waals surface area contributed by atoms with Gasteiger partial charge in [-0.15, -0.1) is 0 Å². The molecule has 1 aliphatic rings. The molecule has 6 aromatic rings. The lowest BCUT2D eigenvalue weighted by Crippen LogP contribution is -2.28. The molecular weight excluding hydrogens is 460 g/mol. The minimum Gasteiger partial charge on any atom is -0.356 e. The Balaban J connectivity index is 1.37. The fourth-order valence-electron chi connectivity index (χ4n) is 5.98. The van der Waals surface area contributed by atoms with Crippen molar-refractivity contribution in [2.45, 2.75) is 5.41 Å². The lowest BCUT2D eigenvalue weighted by atomic mass is 9.67. The third-order valence-corrected chi connectivity index (χ3v) is 7.65. The molecule has 0 saturated heterocycles. The quantitative estimate of drug-likeness (QED) is 0.263. The van der Waals surface area contributed by atoms with E-state index in [0.717, 1.165) is 16.9 Å². The van der Waals surface area contributed by atoms with Gasteiger partial charge >= 0.3 is 0 Å². The van der Waals surface area contributed by atoms with E-state index in [1.54, 1.807) is 0 Å². The number of nitrogens with zero attached hydrogens (tertiary/aromatic N) is 1. The first-order chi connectivity index (χ1) is 18.8. The van der Waals surface area contributed by atoms with Gasteiger partial charge in [0.25, 0.3) is 0 Å². The van der Waals surface area contributed by atoms with Gasteiger partial charge in [-0.05, 0) is 80.9 Å². The molecule has 0 unspecified atom stereocenters. The number of pyridine rings is 1. The molecule has 180 valence electrons. The van der Waals surface area contributed by atoms with Gasteiger partial charge < -0.3 is 5.32 Å². The molecule has 1 N–H and O–H groups in total. The predicted molar refractivity (Wildman–Crippen MR) is 157 cm³/mol. The first kappa shape index (κ1) is 22.3. The molecule has 1 aliphatic carbocycles. The summed E-state index contributed by atoms with van der Waals surface area (Å²) in [6.45, 7) is 0. The summed E-state index contributed by atoms with van der Waals surface area (Å²) in [7, 11) is 0. The smallest absolute Gasteiger partial charge is 0.0714 e. The second kappa shape index (κ2) is 9.17. The van der Waals surface area contributed by atoms with Crippen LogP contribution >= 0.6 is 0 Å². The summed E-state index contributed by atoms with van der Waals surface area (Å²) in [5.41, 5.74) is 11.8. The van der Waals surface area contributed by atoms with Crippen molar-refractivity contribution in [3.8, 4) is 22.3 Å². The van der Waals surface area contributed by atoms with E-state index in [1.165, 1.54) is 38.9 Å². The maximum absolute atomic E-state index is 4.13. The number of fused-ring (bicyclic) bond motifs is 3. The normalized spacial score (nSPS) is 12.9. The fraction of sp³-hybridized carbons (Fsp3) is 0.0278. The molecule has 0 saturated carbocycles. The lowest BCUT2D eigenvalue weighted by molar-refractivity contribution is 0.769. The maximum Gasteiger partial charge on any atom is 0.0714 e. The molecule has 0 atom stereocenters. The van der Waals surface area contributed by atoms with Crippen molar-refractivity contribution in [1.29, 1.82) is 0 Å². The van der Waals surface area contributed by atoms with Crippen molar-refractivity contribution < 1.29 is 0 Å². The summed E-state index contributed by atoms with van der Waals surface area (Å²) in [4.78, 5) is 4.13. The Morgan fingerprint density at radius 3 is 1.68 bits per heavy atom. The summed E-state index contributed by atoms with van der Waals surface area (Å²) >= 11 is 0. The van der Waals surface area contributed by atoms with Crippen molar-refractivity contribution >= 4 is 11.4 Å². The monoisotopic (exact) mass is 486 g/mol. The molecule has 7 rings (SSSR count). The number of aromatic nitrogens is 1. The van der Waals surface area contributed by atoms with Crippen LogP contribution in [0.5, 0.6) is 0 Å². The molecule has 1 aromatic heterocycles. The van der Waals surface area contributed by atoms with Crippen molar-refractivity contribution in [2.75, 3.05) is 5.32 Å². The summed E-state index contributed by atoms with van der Waals surface area (Å²) in [6.07, 6.45) is 3.66. The Morgan fingerprint density at radius 1 is 0.447 bits per heavy atom. The topological polar surface area (TPSA) is 24.9 Å². The van der Waals surface area contributed by atoms with E-state index in [-0.39, 0.29) is 0 Å². The highest BCUT2D eigenvalue weighted by Gasteiger charge is 2.45. The molecule has 0 fully saturated rings. The predicted octanol–water partition coefficient (Wildman–Crippen LogP) is 8.86. The molecule has 1 heterocycles. The summed E-state index contributed by atoms with van der Waals surface area (Å²) in [6, 6.07) is 50.1. The van der Waals surface area contributed by atoms with Gasteiger partial charge in [-0.25, -0.2) is 0 Å². The van der Waals surface area contributed by atoms with Crippen LogP contribution in [0, 0.1) is 0 Å². The van der Waals surface area contributed by atoms with Gasteiger partial charge in [-0.2, -0.15) is 0 Å². The Hall–Kier alpha value is -4.95. The van der Waals surface area contributed by atoms with E-state index < -0.39 is 5.41 Å². The largest absolute Gasteiger partial charge is 0.356 e. The van der Waals surface area contributed by atoms with Gasteiger partial charge in [0.1, 0.15) is 0 Å². The molecule has 0 bridgehead atoms. The molecule has 2 heteroatoms. The molecule has 2 nitrogen and oxygen atoms in total. The second-order valence-corrected chi connectivity index (χ2v) is 9.73. The van der Waals surface area contributed by atoms with Gasteiger partial charge in [-0.1, -0.05) is 103 Å². The van der Waals surface area contributed by atoms with Gasteiger partial charge in [-0.3, -0.25) is 4.98 Å². The van der Waals surface area contributed by atoms with Crippen LogP contribution in [0.4, 0.5) is 11.4 Å². The maximum atomic E-state index is 4.13. The average Bonchev–Trinajstić information content (AvgIpc) is 3.29. The number of rotatable bonds is 5. The summed E-state index contributed by atoms with van der Waals surface area (Å²) in [5.74, 6) is 0. The highest BCUT2D eigenvalue weighted by atomic mass is 14.9. The van der Waals surface area contributed by atoms with E-state index in [9.17, 15) is 0 Å². The molecular formula is C36H26N2. The second-order valence-electron chi connectivity index (χ2n) is 9.73. The van der Waals surface area contributed by atoms with Crippen LogP contribution in [0.2, 0.25) is 0 Å². The highest BCUT2D eigenvalue weighted by molar-refractivity contribution is 5.88. The van der Waals surface area contributed by atoms with Gasteiger partial charge in [0, 0.05) is 23.8 Å². The van der Waals surface area contributed by atoms with E-state index >= 15 is 0 Å². The summed E-state index contributed by atoms with van der Waals surface area (Å²) < 4.78 is 0. The van der Waals surface area contributed by atoms with Crippen LogP contribution < -0.4 is 5.32 Å².